The molecule has 0 atom stereocenters. The number of esters is 1. The van der Waals surface area contributed by atoms with Gasteiger partial charge in [0.1, 0.15) is 5.76 Å². The van der Waals surface area contributed by atoms with Gasteiger partial charge in [-0.3, -0.25) is 4.79 Å². The second-order valence-electron chi connectivity index (χ2n) is 2.93. The molecule has 1 saturated heterocycles. The second kappa shape index (κ2) is 4.16. The summed E-state index contributed by atoms with van der Waals surface area (Å²) in [6.45, 7) is 3.66. The van der Waals surface area contributed by atoms with E-state index in [2.05, 4.69) is 6.58 Å². The molecule has 1 aliphatic rings. The molecule has 0 aromatic carbocycles. The van der Waals surface area contributed by atoms with Crippen LogP contribution in [-0.2, 0) is 9.53 Å². The molecule has 1 fully saturated rings. The summed E-state index contributed by atoms with van der Waals surface area (Å²) in [4.78, 5) is 10.9. The minimum absolute atomic E-state index is 0.114. The van der Waals surface area contributed by atoms with Crippen molar-refractivity contribution in [2.75, 3.05) is 0 Å². The maximum absolute atomic E-state index is 10.9. The lowest BCUT2D eigenvalue weighted by Crippen LogP contribution is -2.01. The fourth-order valence-electron chi connectivity index (χ4n) is 1.21. The largest absolute Gasteiger partial charge is 0.432 e. The normalized spacial score (nSPS) is 21.5. The lowest BCUT2D eigenvalue weighted by Gasteiger charge is -2.02. The molecular weight excluding hydrogens is 140 g/mol. The number of hydrogen-bond donors (Lipinski definition) is 0. The van der Waals surface area contributed by atoms with E-state index in [4.69, 9.17) is 4.74 Å². The first-order valence-corrected chi connectivity index (χ1v) is 4.17. The summed E-state index contributed by atoms with van der Waals surface area (Å²) in [6, 6.07) is 0. The summed E-state index contributed by atoms with van der Waals surface area (Å²) in [5.74, 6) is 0.522. The van der Waals surface area contributed by atoms with Crippen molar-refractivity contribution >= 4 is 5.97 Å². The van der Waals surface area contributed by atoms with Crippen molar-refractivity contribution in [3.8, 4) is 0 Å². The van der Waals surface area contributed by atoms with E-state index in [9.17, 15) is 4.79 Å². The summed E-state index contributed by atoms with van der Waals surface area (Å²) >= 11 is 0. The zero-order valence-corrected chi connectivity index (χ0v) is 6.77. The molecule has 0 N–H and O–H groups in total. The van der Waals surface area contributed by atoms with Gasteiger partial charge in [0, 0.05) is 12.8 Å². The average Bonchev–Trinajstić information content (AvgIpc) is 2.02. The highest BCUT2D eigenvalue weighted by molar-refractivity contribution is 5.70. The van der Waals surface area contributed by atoms with Crippen molar-refractivity contribution in [2.45, 2.75) is 38.5 Å². The highest BCUT2D eigenvalue weighted by atomic mass is 16.5. The molecule has 0 aromatic heterocycles. The van der Waals surface area contributed by atoms with Crippen LogP contribution in [-0.4, -0.2) is 5.97 Å². The molecule has 11 heavy (non-hydrogen) atoms. The van der Waals surface area contributed by atoms with Crippen LogP contribution in [0.5, 0.6) is 0 Å². The lowest BCUT2D eigenvalue weighted by molar-refractivity contribution is -0.139. The summed E-state index contributed by atoms with van der Waals surface area (Å²) < 4.78 is 4.94. The molecule has 1 aliphatic heterocycles. The highest BCUT2D eigenvalue weighted by Crippen LogP contribution is 2.15. The third-order valence-electron chi connectivity index (χ3n) is 1.84. The standard InChI is InChI=1S/C9H14O2/c1-8-6-4-2-3-5-7-9(10)11-8/h1-7H2. The molecule has 2 nitrogen and oxygen atoms in total. The van der Waals surface area contributed by atoms with Crippen LogP contribution in [0.25, 0.3) is 0 Å². The van der Waals surface area contributed by atoms with E-state index in [1.165, 1.54) is 6.42 Å². The quantitative estimate of drug-likeness (QED) is 0.501. The Balaban J connectivity index is 2.39. The average molecular weight is 154 g/mol. The molecule has 0 bridgehead atoms. The number of allylic oxidation sites excluding steroid dienone is 1. The van der Waals surface area contributed by atoms with Crippen molar-refractivity contribution in [3.05, 3.63) is 12.3 Å². The van der Waals surface area contributed by atoms with Gasteiger partial charge in [-0.25, -0.2) is 0 Å². The Kier molecular flexibility index (Phi) is 3.14. The topological polar surface area (TPSA) is 26.3 Å². The van der Waals surface area contributed by atoms with Gasteiger partial charge >= 0.3 is 5.97 Å². The molecular formula is C9H14O2. The number of hydrogen-bond acceptors (Lipinski definition) is 2. The molecule has 0 aromatic rings. The van der Waals surface area contributed by atoms with Gasteiger partial charge in [0.2, 0.25) is 0 Å². The summed E-state index contributed by atoms with van der Waals surface area (Å²) in [5.41, 5.74) is 0. The molecule has 1 rings (SSSR count). The zero-order chi connectivity index (χ0) is 8.10. The first-order chi connectivity index (χ1) is 5.29. The lowest BCUT2D eigenvalue weighted by atomic mass is 10.1. The number of cyclic esters (lactones) is 1. The van der Waals surface area contributed by atoms with Gasteiger partial charge in [0.05, 0.1) is 0 Å². The van der Waals surface area contributed by atoms with E-state index in [-0.39, 0.29) is 5.97 Å². The van der Waals surface area contributed by atoms with E-state index in [0.29, 0.717) is 12.2 Å². The zero-order valence-electron chi connectivity index (χ0n) is 6.77. The Bertz CT molecular complexity index is 143. The van der Waals surface area contributed by atoms with Crippen molar-refractivity contribution in [1.82, 2.24) is 0 Å². The van der Waals surface area contributed by atoms with Crippen LogP contribution in [0, 0.1) is 0 Å². The molecule has 62 valence electrons. The third-order valence-corrected chi connectivity index (χ3v) is 1.84. The highest BCUT2D eigenvalue weighted by Gasteiger charge is 2.07. The van der Waals surface area contributed by atoms with E-state index in [1.54, 1.807) is 0 Å². The first kappa shape index (κ1) is 8.31. The van der Waals surface area contributed by atoms with Crippen LogP contribution in [0.2, 0.25) is 0 Å². The van der Waals surface area contributed by atoms with Crippen molar-refractivity contribution in [3.63, 3.8) is 0 Å². The van der Waals surface area contributed by atoms with E-state index in [1.807, 2.05) is 0 Å². The van der Waals surface area contributed by atoms with Gasteiger partial charge in [-0.1, -0.05) is 19.4 Å². The predicted octanol–water partition coefficient (Wildman–Crippen LogP) is 2.40. The van der Waals surface area contributed by atoms with E-state index in [0.717, 1.165) is 25.7 Å². The Morgan fingerprint density at radius 3 is 2.45 bits per heavy atom. The third kappa shape index (κ3) is 3.21. The van der Waals surface area contributed by atoms with Crippen LogP contribution < -0.4 is 0 Å². The number of carbonyl (C=O) groups is 1. The smallest absolute Gasteiger partial charge is 0.310 e. The molecule has 0 aliphatic carbocycles. The molecule has 0 radical (unpaired) electrons. The number of rotatable bonds is 0. The molecule has 1 heterocycles. The monoisotopic (exact) mass is 154 g/mol. The first-order valence-electron chi connectivity index (χ1n) is 4.17. The van der Waals surface area contributed by atoms with Crippen molar-refractivity contribution < 1.29 is 9.53 Å². The van der Waals surface area contributed by atoms with Gasteiger partial charge in [0.25, 0.3) is 0 Å². The van der Waals surface area contributed by atoms with Crippen LogP contribution in [0.1, 0.15) is 38.5 Å². The Morgan fingerprint density at radius 2 is 1.73 bits per heavy atom. The minimum Gasteiger partial charge on any atom is -0.432 e. The summed E-state index contributed by atoms with van der Waals surface area (Å²) in [5, 5.41) is 0. The fraction of sp³-hybridized carbons (Fsp3) is 0.667. The van der Waals surface area contributed by atoms with Crippen LogP contribution in [0.4, 0.5) is 0 Å². The number of carbonyl (C=O) groups excluding carboxylic acids is 1. The minimum atomic E-state index is -0.114. The maximum atomic E-state index is 10.9. The Labute approximate surface area is 67.2 Å². The molecule has 0 amide bonds. The van der Waals surface area contributed by atoms with Crippen molar-refractivity contribution in [1.29, 1.82) is 0 Å². The van der Waals surface area contributed by atoms with Gasteiger partial charge in [-0.05, 0) is 12.8 Å². The van der Waals surface area contributed by atoms with Gasteiger partial charge in [-0.2, -0.15) is 0 Å². The van der Waals surface area contributed by atoms with E-state index < -0.39 is 0 Å². The second-order valence-corrected chi connectivity index (χ2v) is 2.93. The Hall–Kier alpha value is -0.790. The maximum Gasteiger partial charge on any atom is 0.310 e. The summed E-state index contributed by atoms with van der Waals surface area (Å²) in [7, 11) is 0. The molecule has 2 heteroatoms. The van der Waals surface area contributed by atoms with Crippen LogP contribution >= 0.6 is 0 Å². The predicted molar refractivity (Wildman–Crippen MR) is 42.9 cm³/mol. The van der Waals surface area contributed by atoms with Crippen LogP contribution in [0.15, 0.2) is 12.3 Å². The SMILES string of the molecule is C=C1CCCCCCC(=O)O1. The van der Waals surface area contributed by atoms with Crippen molar-refractivity contribution in [2.24, 2.45) is 0 Å². The fourth-order valence-corrected chi connectivity index (χ4v) is 1.21. The molecule has 0 spiro atoms. The molecule has 0 unspecified atom stereocenters. The van der Waals surface area contributed by atoms with E-state index >= 15 is 0 Å². The van der Waals surface area contributed by atoms with Gasteiger partial charge in [-0.15, -0.1) is 0 Å². The number of ether oxygens (including phenoxy) is 1. The summed E-state index contributed by atoms with van der Waals surface area (Å²) in [6.07, 6.45) is 5.79. The van der Waals surface area contributed by atoms with Crippen LogP contribution in [0.3, 0.4) is 0 Å². The Morgan fingerprint density at radius 1 is 1.09 bits per heavy atom. The van der Waals surface area contributed by atoms with Gasteiger partial charge < -0.3 is 4.74 Å². The molecule has 0 saturated carbocycles. The van der Waals surface area contributed by atoms with Gasteiger partial charge in [0.15, 0.2) is 0 Å².